The van der Waals surface area contributed by atoms with E-state index in [-0.39, 0.29) is 12.1 Å². The molecule has 1 atom stereocenters. The molecule has 0 spiro atoms. The summed E-state index contributed by atoms with van der Waals surface area (Å²) < 4.78 is 1.65. The maximum absolute atomic E-state index is 12.3. The van der Waals surface area contributed by atoms with Crippen LogP contribution in [-0.4, -0.2) is 46.8 Å². The molecule has 1 fully saturated rings. The Hall–Kier alpha value is -1.89. The van der Waals surface area contributed by atoms with Crippen molar-refractivity contribution in [2.45, 2.75) is 26.3 Å². The Labute approximate surface area is 123 Å². The molecule has 1 aliphatic heterocycles. The van der Waals surface area contributed by atoms with Crippen LogP contribution in [0, 0.1) is 5.92 Å². The summed E-state index contributed by atoms with van der Waals surface area (Å²) in [6.07, 6.45) is 5.38. The summed E-state index contributed by atoms with van der Waals surface area (Å²) in [5, 5.41) is 11.6. The number of anilines is 1. The lowest BCUT2D eigenvalue weighted by Crippen LogP contribution is -2.43. The van der Waals surface area contributed by atoms with Crippen molar-refractivity contribution in [3.63, 3.8) is 0 Å². The first-order chi connectivity index (χ1) is 10.1. The van der Waals surface area contributed by atoms with Gasteiger partial charge in [-0.25, -0.2) is 4.98 Å². The van der Waals surface area contributed by atoms with Crippen molar-refractivity contribution in [3.05, 3.63) is 22.7 Å². The van der Waals surface area contributed by atoms with Crippen LogP contribution in [0.5, 0.6) is 0 Å². The molecule has 1 unspecified atom stereocenters. The van der Waals surface area contributed by atoms with Crippen LogP contribution in [0.1, 0.15) is 19.8 Å². The Morgan fingerprint density at radius 2 is 2.38 bits per heavy atom. The first kappa shape index (κ1) is 15.5. The molecule has 0 radical (unpaired) electrons. The minimum absolute atomic E-state index is 0.0251. The molecule has 0 amide bonds. The van der Waals surface area contributed by atoms with Crippen molar-refractivity contribution in [2.75, 3.05) is 31.1 Å². The van der Waals surface area contributed by atoms with Crippen LogP contribution in [0.4, 0.5) is 5.82 Å². The number of carboxylic acid groups (broad SMARTS) is 1. The number of aryl methyl sites for hydroxylation is 1. The highest BCUT2D eigenvalue weighted by Gasteiger charge is 2.23. The van der Waals surface area contributed by atoms with E-state index in [1.165, 1.54) is 0 Å². The third-order valence-electron chi connectivity index (χ3n) is 3.76. The molecule has 116 valence electrons. The van der Waals surface area contributed by atoms with Gasteiger partial charge in [0, 0.05) is 38.6 Å². The summed E-state index contributed by atoms with van der Waals surface area (Å²) in [5.41, 5.74) is -0.0563. The number of nitrogens with zero attached hydrogens (tertiary/aromatic N) is 3. The van der Waals surface area contributed by atoms with Crippen molar-refractivity contribution in [2.24, 2.45) is 5.92 Å². The maximum Gasteiger partial charge on any atom is 0.317 e. The van der Waals surface area contributed by atoms with Crippen molar-refractivity contribution in [1.82, 2.24) is 14.9 Å². The number of carboxylic acids is 1. The maximum atomic E-state index is 12.3. The lowest BCUT2D eigenvalue weighted by molar-refractivity contribution is -0.136. The summed E-state index contributed by atoms with van der Waals surface area (Å²) in [7, 11) is 0. The smallest absolute Gasteiger partial charge is 0.317 e. The fourth-order valence-corrected chi connectivity index (χ4v) is 2.71. The second-order valence-electron chi connectivity index (χ2n) is 5.32. The SMILES string of the molecule is CCn1ccnc(N2CCCC(CNCC(=O)O)C2)c1=O. The predicted molar refractivity (Wildman–Crippen MR) is 79.6 cm³/mol. The number of hydrogen-bond donors (Lipinski definition) is 2. The van der Waals surface area contributed by atoms with Gasteiger partial charge in [0.25, 0.3) is 5.56 Å². The van der Waals surface area contributed by atoms with E-state index in [1.807, 2.05) is 11.8 Å². The largest absolute Gasteiger partial charge is 0.480 e. The number of aliphatic carboxylic acids is 1. The van der Waals surface area contributed by atoms with Gasteiger partial charge in [0.05, 0.1) is 6.54 Å². The number of piperidine rings is 1. The Bertz CT molecular complexity index is 543. The zero-order chi connectivity index (χ0) is 15.2. The summed E-state index contributed by atoms with van der Waals surface area (Å²) in [5.74, 6) is -0.00455. The van der Waals surface area contributed by atoms with Gasteiger partial charge in [-0.15, -0.1) is 0 Å². The van der Waals surface area contributed by atoms with Gasteiger partial charge in [0.2, 0.25) is 0 Å². The van der Waals surface area contributed by atoms with Gasteiger partial charge in [-0.2, -0.15) is 0 Å². The van der Waals surface area contributed by atoms with E-state index in [0.29, 0.717) is 24.8 Å². The minimum Gasteiger partial charge on any atom is -0.480 e. The molecule has 7 nitrogen and oxygen atoms in total. The molecule has 0 aromatic carbocycles. The van der Waals surface area contributed by atoms with E-state index < -0.39 is 5.97 Å². The van der Waals surface area contributed by atoms with Crippen LogP contribution in [-0.2, 0) is 11.3 Å². The van der Waals surface area contributed by atoms with Gasteiger partial charge < -0.3 is 19.9 Å². The summed E-state index contributed by atoms with van der Waals surface area (Å²) in [6, 6.07) is 0. The second-order valence-corrected chi connectivity index (χ2v) is 5.32. The molecule has 2 N–H and O–H groups in total. The normalized spacial score (nSPS) is 18.7. The van der Waals surface area contributed by atoms with Crippen molar-refractivity contribution in [3.8, 4) is 0 Å². The van der Waals surface area contributed by atoms with E-state index >= 15 is 0 Å². The monoisotopic (exact) mass is 294 g/mol. The fraction of sp³-hybridized carbons (Fsp3) is 0.643. The molecule has 1 aliphatic rings. The number of carbonyl (C=O) groups is 1. The topological polar surface area (TPSA) is 87.5 Å². The van der Waals surface area contributed by atoms with Crippen LogP contribution in [0.3, 0.4) is 0 Å². The molecule has 2 rings (SSSR count). The summed E-state index contributed by atoms with van der Waals surface area (Å²) in [4.78, 5) is 29.0. The van der Waals surface area contributed by atoms with E-state index in [2.05, 4.69) is 10.3 Å². The Balaban J connectivity index is 2.01. The number of hydrogen-bond acceptors (Lipinski definition) is 5. The lowest BCUT2D eigenvalue weighted by Gasteiger charge is -2.33. The van der Waals surface area contributed by atoms with Crippen molar-refractivity contribution < 1.29 is 9.90 Å². The molecule has 21 heavy (non-hydrogen) atoms. The molecular weight excluding hydrogens is 272 g/mol. The quantitative estimate of drug-likeness (QED) is 0.777. The average molecular weight is 294 g/mol. The number of nitrogens with one attached hydrogen (secondary N) is 1. The standard InChI is InChI=1S/C14H22N4O3/c1-2-17-7-5-16-13(14(17)21)18-6-3-4-11(10-18)8-15-9-12(19)20/h5,7,11,15H,2-4,6,8-10H2,1H3,(H,19,20). The summed E-state index contributed by atoms with van der Waals surface area (Å²) >= 11 is 0. The summed E-state index contributed by atoms with van der Waals surface area (Å²) in [6.45, 7) is 4.75. The Kier molecular flexibility index (Phi) is 5.32. The molecule has 0 saturated carbocycles. The van der Waals surface area contributed by atoms with Crippen LogP contribution in [0.25, 0.3) is 0 Å². The lowest BCUT2D eigenvalue weighted by atomic mass is 9.98. The molecular formula is C14H22N4O3. The van der Waals surface area contributed by atoms with E-state index in [9.17, 15) is 9.59 Å². The third kappa shape index (κ3) is 4.04. The van der Waals surface area contributed by atoms with E-state index in [4.69, 9.17) is 5.11 Å². The zero-order valence-electron chi connectivity index (χ0n) is 12.3. The van der Waals surface area contributed by atoms with E-state index in [0.717, 1.165) is 25.9 Å². The van der Waals surface area contributed by atoms with Crippen LogP contribution >= 0.6 is 0 Å². The molecule has 1 saturated heterocycles. The first-order valence-electron chi connectivity index (χ1n) is 7.34. The van der Waals surface area contributed by atoms with Gasteiger partial charge >= 0.3 is 5.97 Å². The zero-order valence-corrected chi connectivity index (χ0v) is 12.3. The van der Waals surface area contributed by atoms with Gasteiger partial charge in [-0.05, 0) is 25.7 Å². The van der Waals surface area contributed by atoms with Crippen LogP contribution in [0.2, 0.25) is 0 Å². The number of rotatable bonds is 6. The average Bonchev–Trinajstić information content (AvgIpc) is 2.47. The van der Waals surface area contributed by atoms with Gasteiger partial charge in [-0.1, -0.05) is 0 Å². The molecule has 1 aromatic rings. The van der Waals surface area contributed by atoms with Crippen LogP contribution < -0.4 is 15.8 Å². The minimum atomic E-state index is -0.849. The highest BCUT2D eigenvalue weighted by atomic mass is 16.4. The van der Waals surface area contributed by atoms with Crippen molar-refractivity contribution >= 4 is 11.8 Å². The molecule has 2 heterocycles. The number of aromatic nitrogens is 2. The second kappa shape index (κ2) is 7.21. The Morgan fingerprint density at radius 1 is 1.57 bits per heavy atom. The van der Waals surface area contributed by atoms with Gasteiger partial charge in [0.1, 0.15) is 0 Å². The first-order valence-corrected chi connectivity index (χ1v) is 7.34. The van der Waals surface area contributed by atoms with E-state index in [1.54, 1.807) is 17.0 Å². The Morgan fingerprint density at radius 3 is 3.10 bits per heavy atom. The van der Waals surface area contributed by atoms with Gasteiger partial charge in [0.15, 0.2) is 5.82 Å². The molecule has 7 heteroatoms. The molecule has 0 aliphatic carbocycles. The highest BCUT2D eigenvalue weighted by Crippen LogP contribution is 2.18. The third-order valence-corrected chi connectivity index (χ3v) is 3.76. The van der Waals surface area contributed by atoms with Crippen molar-refractivity contribution in [1.29, 1.82) is 0 Å². The molecule has 0 bridgehead atoms. The molecule has 1 aromatic heterocycles. The van der Waals surface area contributed by atoms with Gasteiger partial charge in [-0.3, -0.25) is 9.59 Å². The highest BCUT2D eigenvalue weighted by molar-refractivity contribution is 5.68. The predicted octanol–water partition coefficient (Wildman–Crippen LogP) is 0.154. The fourth-order valence-electron chi connectivity index (χ4n) is 2.71. The van der Waals surface area contributed by atoms with Crippen LogP contribution in [0.15, 0.2) is 17.2 Å².